The molecule has 3 nitrogen and oxygen atoms in total. The Hall–Kier alpha value is -0.570. The van der Waals surface area contributed by atoms with Gasteiger partial charge in [0.1, 0.15) is 0 Å². The number of carbonyl (C=O) groups excluding carboxylic acids is 1. The minimum atomic E-state index is 0.0153. The Morgan fingerprint density at radius 2 is 2.00 bits per heavy atom. The maximum Gasteiger partial charge on any atom is 0.248 e. The molecule has 0 aliphatic heterocycles. The largest absolute Gasteiger partial charge is 0.272 e. The van der Waals surface area contributed by atoms with E-state index in [1.807, 2.05) is 27.7 Å². The molecule has 3 heteroatoms. The molecule has 0 N–H and O–H groups in total. The molecule has 0 bridgehead atoms. The quantitative estimate of drug-likeness (QED) is 0.581. The lowest BCUT2D eigenvalue weighted by Gasteiger charge is -2.20. The Balaban J connectivity index is 3.92. The highest BCUT2D eigenvalue weighted by Gasteiger charge is 2.14. The molecule has 66 valence electrons. The second kappa shape index (κ2) is 5.13. The molecule has 0 aliphatic carbocycles. The molecule has 0 aliphatic rings. The molecule has 0 heterocycles. The zero-order chi connectivity index (χ0) is 8.85. The van der Waals surface area contributed by atoms with Gasteiger partial charge < -0.3 is 0 Å². The topological polar surface area (TPSA) is 29.5 Å². The maximum absolute atomic E-state index is 11.3. The summed E-state index contributed by atoms with van der Waals surface area (Å²) in [6.07, 6.45) is 0. The number of nitrogens with zero attached hydrogens (tertiary/aromatic N) is 1. The van der Waals surface area contributed by atoms with E-state index in [1.54, 1.807) is 0 Å². The number of hydroxylamine groups is 2. The number of hydrogen-bond donors (Lipinski definition) is 0. The van der Waals surface area contributed by atoms with Crippen LogP contribution in [0.3, 0.4) is 0 Å². The first-order valence-corrected chi connectivity index (χ1v) is 4.07. The van der Waals surface area contributed by atoms with Gasteiger partial charge in [-0.25, -0.2) is 5.06 Å². The van der Waals surface area contributed by atoms with Gasteiger partial charge >= 0.3 is 0 Å². The Bertz CT molecular complexity index is 123. The molecule has 0 rings (SSSR count). The van der Waals surface area contributed by atoms with Gasteiger partial charge in [-0.05, 0) is 13.8 Å². The highest BCUT2D eigenvalue weighted by Crippen LogP contribution is 2.01. The third-order valence-electron chi connectivity index (χ3n) is 1.31. The SMILES string of the molecule is CCON(CC)C(=O)C(C)C. The van der Waals surface area contributed by atoms with E-state index in [0.717, 1.165) is 0 Å². The van der Waals surface area contributed by atoms with Gasteiger partial charge in [-0.3, -0.25) is 9.63 Å². The summed E-state index contributed by atoms with van der Waals surface area (Å²) in [5.41, 5.74) is 0. The highest BCUT2D eigenvalue weighted by atomic mass is 16.7. The summed E-state index contributed by atoms with van der Waals surface area (Å²) in [5, 5.41) is 1.41. The molecular formula is C8H17NO2. The van der Waals surface area contributed by atoms with Crippen molar-refractivity contribution in [1.29, 1.82) is 0 Å². The highest BCUT2D eigenvalue weighted by molar-refractivity contribution is 5.76. The maximum atomic E-state index is 11.3. The van der Waals surface area contributed by atoms with Gasteiger partial charge in [-0.2, -0.15) is 0 Å². The zero-order valence-electron chi connectivity index (χ0n) is 7.76. The summed E-state index contributed by atoms with van der Waals surface area (Å²) in [7, 11) is 0. The number of hydrogen-bond acceptors (Lipinski definition) is 2. The van der Waals surface area contributed by atoms with Crippen molar-refractivity contribution < 1.29 is 9.63 Å². The Kier molecular flexibility index (Phi) is 4.86. The summed E-state index contributed by atoms with van der Waals surface area (Å²) in [5.74, 6) is 0.0656. The standard InChI is InChI=1S/C8H17NO2/c1-5-9(11-6-2)8(10)7(3)4/h7H,5-6H2,1-4H3. The third-order valence-corrected chi connectivity index (χ3v) is 1.31. The molecule has 0 radical (unpaired) electrons. The monoisotopic (exact) mass is 159 g/mol. The first-order valence-electron chi connectivity index (χ1n) is 4.07. The van der Waals surface area contributed by atoms with Crippen molar-refractivity contribution in [2.24, 2.45) is 5.92 Å². The van der Waals surface area contributed by atoms with E-state index in [4.69, 9.17) is 4.84 Å². The van der Waals surface area contributed by atoms with E-state index in [1.165, 1.54) is 5.06 Å². The lowest BCUT2D eigenvalue weighted by molar-refractivity contribution is -0.187. The van der Waals surface area contributed by atoms with Crippen molar-refractivity contribution >= 4 is 5.91 Å². The van der Waals surface area contributed by atoms with Crippen LogP contribution in [0.4, 0.5) is 0 Å². The molecular weight excluding hydrogens is 142 g/mol. The Labute approximate surface area is 68.3 Å². The van der Waals surface area contributed by atoms with E-state index in [2.05, 4.69) is 0 Å². The van der Waals surface area contributed by atoms with E-state index in [9.17, 15) is 4.79 Å². The van der Waals surface area contributed by atoms with Crippen LogP contribution in [0, 0.1) is 5.92 Å². The fourth-order valence-corrected chi connectivity index (χ4v) is 0.755. The Morgan fingerprint density at radius 1 is 1.45 bits per heavy atom. The van der Waals surface area contributed by atoms with Crippen molar-refractivity contribution in [2.75, 3.05) is 13.2 Å². The second-order valence-corrected chi connectivity index (χ2v) is 2.61. The first-order chi connectivity index (χ1) is 5.13. The van der Waals surface area contributed by atoms with Crippen molar-refractivity contribution in [3.63, 3.8) is 0 Å². The van der Waals surface area contributed by atoms with Crippen LogP contribution < -0.4 is 0 Å². The number of carbonyl (C=O) groups is 1. The van der Waals surface area contributed by atoms with Crippen LogP contribution in [0.5, 0.6) is 0 Å². The molecule has 0 aromatic carbocycles. The van der Waals surface area contributed by atoms with E-state index >= 15 is 0 Å². The van der Waals surface area contributed by atoms with Crippen LogP contribution in [-0.2, 0) is 9.63 Å². The zero-order valence-corrected chi connectivity index (χ0v) is 7.76. The number of amides is 1. The molecule has 0 spiro atoms. The van der Waals surface area contributed by atoms with Crippen molar-refractivity contribution in [1.82, 2.24) is 5.06 Å². The molecule has 0 saturated carbocycles. The molecule has 11 heavy (non-hydrogen) atoms. The molecule has 0 aromatic rings. The summed E-state index contributed by atoms with van der Waals surface area (Å²) >= 11 is 0. The summed E-state index contributed by atoms with van der Waals surface area (Å²) in [4.78, 5) is 16.4. The summed E-state index contributed by atoms with van der Waals surface area (Å²) in [6, 6.07) is 0. The minimum Gasteiger partial charge on any atom is -0.272 e. The Morgan fingerprint density at radius 3 is 2.27 bits per heavy atom. The van der Waals surface area contributed by atoms with Crippen LogP contribution in [0.15, 0.2) is 0 Å². The van der Waals surface area contributed by atoms with Gasteiger partial charge in [0, 0.05) is 12.5 Å². The minimum absolute atomic E-state index is 0.0153. The predicted molar refractivity (Wildman–Crippen MR) is 43.9 cm³/mol. The van der Waals surface area contributed by atoms with Crippen molar-refractivity contribution in [2.45, 2.75) is 27.7 Å². The van der Waals surface area contributed by atoms with E-state index in [0.29, 0.717) is 13.2 Å². The van der Waals surface area contributed by atoms with Crippen LogP contribution in [0.1, 0.15) is 27.7 Å². The van der Waals surface area contributed by atoms with Crippen molar-refractivity contribution in [3.8, 4) is 0 Å². The first kappa shape index (κ1) is 10.4. The average molecular weight is 159 g/mol. The second-order valence-electron chi connectivity index (χ2n) is 2.61. The molecule has 0 fully saturated rings. The molecule has 0 unspecified atom stereocenters. The van der Waals surface area contributed by atoms with Gasteiger partial charge in [0.25, 0.3) is 0 Å². The lowest BCUT2D eigenvalue weighted by atomic mass is 10.2. The third kappa shape index (κ3) is 3.37. The fraction of sp³-hybridized carbons (Fsp3) is 0.875. The normalized spacial score (nSPS) is 10.3. The van der Waals surface area contributed by atoms with Crippen LogP contribution in [-0.4, -0.2) is 24.1 Å². The van der Waals surface area contributed by atoms with E-state index < -0.39 is 0 Å². The lowest BCUT2D eigenvalue weighted by Crippen LogP contribution is -2.34. The molecule has 0 saturated heterocycles. The number of rotatable bonds is 4. The molecule has 0 atom stereocenters. The van der Waals surface area contributed by atoms with Gasteiger partial charge in [0.15, 0.2) is 0 Å². The van der Waals surface area contributed by atoms with Gasteiger partial charge in [0.2, 0.25) is 5.91 Å². The van der Waals surface area contributed by atoms with Crippen LogP contribution in [0.25, 0.3) is 0 Å². The molecule has 1 amide bonds. The predicted octanol–water partition coefficient (Wildman–Crippen LogP) is 1.44. The molecule has 0 aromatic heterocycles. The average Bonchev–Trinajstić information content (AvgIpc) is 1.98. The van der Waals surface area contributed by atoms with Crippen molar-refractivity contribution in [3.05, 3.63) is 0 Å². The van der Waals surface area contributed by atoms with Crippen LogP contribution >= 0.6 is 0 Å². The smallest absolute Gasteiger partial charge is 0.248 e. The van der Waals surface area contributed by atoms with Gasteiger partial charge in [-0.1, -0.05) is 13.8 Å². The summed E-state index contributed by atoms with van der Waals surface area (Å²) in [6.45, 7) is 8.66. The fourth-order valence-electron chi connectivity index (χ4n) is 0.755. The van der Waals surface area contributed by atoms with E-state index in [-0.39, 0.29) is 11.8 Å². The van der Waals surface area contributed by atoms with Gasteiger partial charge in [0.05, 0.1) is 6.61 Å². The van der Waals surface area contributed by atoms with Crippen LogP contribution in [0.2, 0.25) is 0 Å². The summed E-state index contributed by atoms with van der Waals surface area (Å²) < 4.78 is 0. The van der Waals surface area contributed by atoms with Gasteiger partial charge in [-0.15, -0.1) is 0 Å².